The second-order valence-electron chi connectivity index (χ2n) is 6.15. The van der Waals surface area contributed by atoms with E-state index in [0.717, 1.165) is 35.2 Å². The van der Waals surface area contributed by atoms with Gasteiger partial charge in [-0.1, -0.05) is 61.9 Å². The molecule has 1 amide bonds. The summed E-state index contributed by atoms with van der Waals surface area (Å²) in [5.41, 5.74) is 5.30. The zero-order chi connectivity index (χ0) is 18.9. The summed E-state index contributed by atoms with van der Waals surface area (Å²) in [6, 6.07) is 16.1. The minimum absolute atomic E-state index is 0.0608. The molecule has 0 aliphatic carbocycles. The number of aryl methyl sites for hydroxylation is 3. The zero-order valence-corrected chi connectivity index (χ0v) is 15.6. The van der Waals surface area contributed by atoms with Crippen LogP contribution in [0.3, 0.4) is 0 Å². The van der Waals surface area contributed by atoms with Gasteiger partial charge in [0.25, 0.3) is 5.91 Å². The molecule has 0 fully saturated rings. The number of amides is 1. The quantitative estimate of drug-likeness (QED) is 0.581. The first-order chi connectivity index (χ1) is 12.6. The van der Waals surface area contributed by atoms with Crippen molar-refractivity contribution in [2.45, 2.75) is 40.2 Å². The Morgan fingerprint density at radius 3 is 2.35 bits per heavy atom. The lowest BCUT2D eigenvalue weighted by Gasteiger charge is -2.14. The summed E-state index contributed by atoms with van der Waals surface area (Å²) in [5.74, 6) is -0.389. The Bertz CT molecular complexity index is 824. The van der Waals surface area contributed by atoms with Gasteiger partial charge in [0.15, 0.2) is 0 Å². The number of carbonyl (C=O) groups is 1. The van der Waals surface area contributed by atoms with Crippen LogP contribution in [-0.2, 0) is 24.2 Å². The van der Waals surface area contributed by atoms with Crippen LogP contribution < -0.4 is 10.6 Å². The van der Waals surface area contributed by atoms with Gasteiger partial charge in [-0.3, -0.25) is 4.79 Å². The van der Waals surface area contributed by atoms with Crippen LogP contribution in [0.15, 0.2) is 54.2 Å². The van der Waals surface area contributed by atoms with E-state index < -0.39 is 0 Å². The average Bonchev–Trinajstić information content (AvgIpc) is 2.65. The molecule has 26 heavy (non-hydrogen) atoms. The summed E-state index contributed by atoms with van der Waals surface area (Å²) in [7, 11) is 0. The number of nitriles is 1. The van der Waals surface area contributed by atoms with Crippen LogP contribution in [0.4, 0.5) is 5.69 Å². The van der Waals surface area contributed by atoms with Gasteiger partial charge >= 0.3 is 0 Å². The first-order valence-corrected chi connectivity index (χ1v) is 8.90. The molecule has 0 bridgehead atoms. The summed E-state index contributed by atoms with van der Waals surface area (Å²) in [4.78, 5) is 12.5. The van der Waals surface area contributed by atoms with Crippen LogP contribution in [0.2, 0.25) is 0 Å². The van der Waals surface area contributed by atoms with Gasteiger partial charge in [-0.15, -0.1) is 0 Å². The smallest absolute Gasteiger partial charge is 0.267 e. The number of rotatable bonds is 7. The Balaban J connectivity index is 2.10. The van der Waals surface area contributed by atoms with Crippen LogP contribution >= 0.6 is 0 Å². The third-order valence-corrected chi connectivity index (χ3v) is 4.24. The highest BCUT2D eigenvalue weighted by Gasteiger charge is 2.13. The standard InChI is InChI=1S/C22H25N3O/c1-4-18-10-7-11-19(5-2)21(18)25-22(26)20(13-23)15-24-14-17-9-6-8-16(3)12-17/h6-12,15,24H,4-5,14H2,1-3H3,(H,25,26)/b20-15-. The lowest BCUT2D eigenvalue weighted by Crippen LogP contribution is -2.18. The normalized spacial score (nSPS) is 10.9. The second kappa shape index (κ2) is 9.43. The Hall–Kier alpha value is -3.06. The van der Waals surface area contributed by atoms with E-state index >= 15 is 0 Å². The molecular formula is C22H25N3O. The summed E-state index contributed by atoms with van der Waals surface area (Å²) in [6.07, 6.45) is 3.12. The van der Waals surface area contributed by atoms with E-state index in [4.69, 9.17) is 0 Å². The van der Waals surface area contributed by atoms with E-state index in [0.29, 0.717) is 6.54 Å². The topological polar surface area (TPSA) is 64.9 Å². The van der Waals surface area contributed by atoms with E-state index in [1.807, 2.05) is 49.4 Å². The molecule has 0 aliphatic heterocycles. The summed E-state index contributed by atoms with van der Waals surface area (Å²) in [6.45, 7) is 6.69. The molecule has 2 N–H and O–H groups in total. The van der Waals surface area contributed by atoms with Gasteiger partial charge in [0.2, 0.25) is 0 Å². The SMILES string of the molecule is CCc1cccc(CC)c1NC(=O)/C(C#N)=C\NCc1cccc(C)c1. The number of carbonyl (C=O) groups excluding carboxylic acids is 1. The molecule has 2 aromatic rings. The van der Waals surface area contributed by atoms with Gasteiger partial charge in [-0.2, -0.15) is 5.26 Å². The van der Waals surface area contributed by atoms with Gasteiger partial charge in [0, 0.05) is 18.4 Å². The predicted molar refractivity (Wildman–Crippen MR) is 106 cm³/mol. The van der Waals surface area contributed by atoms with Crippen molar-refractivity contribution in [3.8, 4) is 6.07 Å². The maximum atomic E-state index is 12.5. The molecule has 2 aromatic carbocycles. The van der Waals surface area contributed by atoms with Gasteiger partial charge in [-0.25, -0.2) is 0 Å². The Morgan fingerprint density at radius 2 is 1.77 bits per heavy atom. The van der Waals surface area contributed by atoms with E-state index in [-0.39, 0.29) is 11.5 Å². The van der Waals surface area contributed by atoms with Crippen molar-refractivity contribution in [2.75, 3.05) is 5.32 Å². The monoisotopic (exact) mass is 347 g/mol. The number of hydrogen-bond donors (Lipinski definition) is 2. The maximum absolute atomic E-state index is 12.5. The Labute approximate surface area is 155 Å². The molecule has 4 heteroatoms. The molecule has 0 heterocycles. The third-order valence-electron chi connectivity index (χ3n) is 4.24. The van der Waals surface area contributed by atoms with E-state index in [9.17, 15) is 10.1 Å². The molecule has 0 aliphatic rings. The molecule has 0 aromatic heterocycles. The minimum Gasteiger partial charge on any atom is -0.386 e. The molecule has 0 saturated carbocycles. The van der Waals surface area contributed by atoms with Gasteiger partial charge in [0.1, 0.15) is 11.6 Å². The number of nitrogens with zero attached hydrogens (tertiary/aromatic N) is 1. The lowest BCUT2D eigenvalue weighted by atomic mass is 10.0. The fourth-order valence-corrected chi connectivity index (χ4v) is 2.83. The Morgan fingerprint density at radius 1 is 1.12 bits per heavy atom. The first kappa shape index (κ1) is 19.3. The highest BCUT2D eigenvalue weighted by molar-refractivity contribution is 6.07. The maximum Gasteiger partial charge on any atom is 0.267 e. The number of benzene rings is 2. The molecule has 0 unspecified atom stereocenters. The predicted octanol–water partition coefficient (Wildman–Crippen LogP) is 4.26. The van der Waals surface area contributed by atoms with Crippen LogP contribution in [0.25, 0.3) is 0 Å². The summed E-state index contributed by atoms with van der Waals surface area (Å²) >= 11 is 0. The van der Waals surface area contributed by atoms with E-state index in [2.05, 4.69) is 30.5 Å². The van der Waals surface area contributed by atoms with Crippen molar-refractivity contribution in [1.82, 2.24) is 5.32 Å². The summed E-state index contributed by atoms with van der Waals surface area (Å²) < 4.78 is 0. The molecule has 0 spiro atoms. The van der Waals surface area contributed by atoms with Crippen LogP contribution in [0, 0.1) is 18.3 Å². The largest absolute Gasteiger partial charge is 0.386 e. The lowest BCUT2D eigenvalue weighted by molar-refractivity contribution is -0.112. The number of nitrogens with one attached hydrogen (secondary N) is 2. The van der Waals surface area contributed by atoms with Gasteiger partial charge < -0.3 is 10.6 Å². The molecule has 0 saturated heterocycles. The fourth-order valence-electron chi connectivity index (χ4n) is 2.83. The van der Waals surface area contributed by atoms with Gasteiger partial charge in [-0.05, 0) is 36.5 Å². The van der Waals surface area contributed by atoms with Crippen LogP contribution in [-0.4, -0.2) is 5.91 Å². The Kier molecular flexibility index (Phi) is 6.99. The van der Waals surface area contributed by atoms with Gasteiger partial charge in [0.05, 0.1) is 0 Å². The summed E-state index contributed by atoms with van der Waals surface area (Å²) in [5, 5.41) is 15.3. The number of hydrogen-bond acceptors (Lipinski definition) is 3. The zero-order valence-electron chi connectivity index (χ0n) is 15.6. The first-order valence-electron chi connectivity index (χ1n) is 8.90. The third kappa shape index (κ3) is 4.97. The van der Waals surface area contributed by atoms with Crippen molar-refractivity contribution in [2.24, 2.45) is 0 Å². The average molecular weight is 347 g/mol. The highest BCUT2D eigenvalue weighted by Crippen LogP contribution is 2.23. The molecule has 0 radical (unpaired) electrons. The van der Waals surface area contributed by atoms with E-state index in [1.165, 1.54) is 11.8 Å². The molecular weight excluding hydrogens is 322 g/mol. The number of para-hydroxylation sites is 1. The van der Waals surface area contributed by atoms with Crippen molar-refractivity contribution < 1.29 is 4.79 Å². The fraction of sp³-hybridized carbons (Fsp3) is 0.273. The van der Waals surface area contributed by atoms with Crippen molar-refractivity contribution >= 4 is 11.6 Å². The van der Waals surface area contributed by atoms with Crippen molar-refractivity contribution in [3.05, 3.63) is 76.5 Å². The molecule has 0 atom stereocenters. The van der Waals surface area contributed by atoms with Crippen LogP contribution in [0.1, 0.15) is 36.1 Å². The van der Waals surface area contributed by atoms with Crippen molar-refractivity contribution in [1.29, 1.82) is 5.26 Å². The highest BCUT2D eigenvalue weighted by atomic mass is 16.1. The molecule has 134 valence electrons. The van der Waals surface area contributed by atoms with Crippen molar-refractivity contribution in [3.63, 3.8) is 0 Å². The second-order valence-corrected chi connectivity index (χ2v) is 6.15. The van der Waals surface area contributed by atoms with E-state index in [1.54, 1.807) is 0 Å². The van der Waals surface area contributed by atoms with Crippen LogP contribution in [0.5, 0.6) is 0 Å². The number of anilines is 1. The molecule has 4 nitrogen and oxygen atoms in total. The molecule has 2 rings (SSSR count). The minimum atomic E-state index is -0.389.